The summed E-state index contributed by atoms with van der Waals surface area (Å²) in [6.07, 6.45) is 4.23. The smallest absolute Gasteiger partial charge is 0.185 e. The standard InChI is InChI=1S/C13H23N3S/c1-4-16(9-11-6-5-7-11)13-15-10(2)12(17-13)8-14-3/h11,14H,4-9H2,1-3H3. The van der Waals surface area contributed by atoms with Crippen molar-refractivity contribution in [3.63, 3.8) is 0 Å². The molecule has 1 N–H and O–H groups in total. The molecule has 0 aliphatic heterocycles. The number of aromatic nitrogens is 1. The summed E-state index contributed by atoms with van der Waals surface area (Å²) in [6.45, 7) is 7.55. The Kier molecular flexibility index (Phi) is 4.40. The van der Waals surface area contributed by atoms with Gasteiger partial charge in [-0.15, -0.1) is 11.3 Å². The zero-order valence-electron chi connectivity index (χ0n) is 11.1. The second-order valence-electron chi connectivity index (χ2n) is 4.87. The van der Waals surface area contributed by atoms with Gasteiger partial charge in [-0.2, -0.15) is 0 Å². The first kappa shape index (κ1) is 12.8. The highest BCUT2D eigenvalue weighted by molar-refractivity contribution is 7.15. The Morgan fingerprint density at radius 3 is 2.76 bits per heavy atom. The van der Waals surface area contributed by atoms with E-state index in [1.54, 1.807) is 0 Å². The largest absolute Gasteiger partial charge is 0.348 e. The fraction of sp³-hybridized carbons (Fsp3) is 0.769. The monoisotopic (exact) mass is 253 g/mol. The molecule has 1 aromatic rings. The molecule has 4 heteroatoms. The Bertz CT molecular complexity index is 358. The van der Waals surface area contributed by atoms with Crippen LogP contribution < -0.4 is 10.2 Å². The Balaban J connectivity index is 2.04. The van der Waals surface area contributed by atoms with Gasteiger partial charge in [0.25, 0.3) is 0 Å². The van der Waals surface area contributed by atoms with Gasteiger partial charge in [-0.1, -0.05) is 6.42 Å². The first-order chi connectivity index (χ1) is 8.24. The lowest BCUT2D eigenvalue weighted by molar-refractivity contribution is 0.318. The third kappa shape index (κ3) is 2.99. The van der Waals surface area contributed by atoms with Gasteiger partial charge in [-0.05, 0) is 39.7 Å². The van der Waals surface area contributed by atoms with E-state index in [2.05, 4.69) is 24.1 Å². The summed E-state index contributed by atoms with van der Waals surface area (Å²) >= 11 is 1.85. The Labute approximate surface area is 108 Å². The number of thiazole rings is 1. The fourth-order valence-electron chi connectivity index (χ4n) is 2.20. The van der Waals surface area contributed by atoms with Gasteiger partial charge in [-0.25, -0.2) is 4.98 Å². The molecule has 1 heterocycles. The number of hydrogen-bond acceptors (Lipinski definition) is 4. The Morgan fingerprint density at radius 2 is 2.24 bits per heavy atom. The summed E-state index contributed by atoms with van der Waals surface area (Å²) in [5, 5.41) is 4.42. The van der Waals surface area contributed by atoms with E-state index in [9.17, 15) is 0 Å². The molecular formula is C13H23N3S. The fourth-order valence-corrected chi connectivity index (χ4v) is 3.35. The number of nitrogens with zero attached hydrogens (tertiary/aromatic N) is 2. The van der Waals surface area contributed by atoms with Gasteiger partial charge < -0.3 is 10.2 Å². The van der Waals surface area contributed by atoms with Gasteiger partial charge in [-0.3, -0.25) is 0 Å². The van der Waals surface area contributed by atoms with Crippen LogP contribution in [0.1, 0.15) is 36.8 Å². The summed E-state index contributed by atoms with van der Waals surface area (Å²) in [4.78, 5) is 8.53. The van der Waals surface area contributed by atoms with Crippen LogP contribution in [-0.4, -0.2) is 25.1 Å². The van der Waals surface area contributed by atoms with Crippen molar-refractivity contribution >= 4 is 16.5 Å². The zero-order chi connectivity index (χ0) is 12.3. The molecule has 0 amide bonds. The van der Waals surface area contributed by atoms with Crippen LogP contribution in [0.2, 0.25) is 0 Å². The molecule has 3 nitrogen and oxygen atoms in total. The zero-order valence-corrected chi connectivity index (χ0v) is 11.9. The summed E-state index contributed by atoms with van der Waals surface area (Å²) in [5.74, 6) is 0.909. The summed E-state index contributed by atoms with van der Waals surface area (Å²) < 4.78 is 0. The third-order valence-electron chi connectivity index (χ3n) is 3.57. The van der Waals surface area contributed by atoms with Gasteiger partial charge in [0.15, 0.2) is 5.13 Å². The van der Waals surface area contributed by atoms with Crippen LogP contribution >= 0.6 is 11.3 Å². The van der Waals surface area contributed by atoms with Gasteiger partial charge in [0.1, 0.15) is 0 Å². The lowest BCUT2D eigenvalue weighted by Crippen LogP contribution is -2.32. The Morgan fingerprint density at radius 1 is 1.47 bits per heavy atom. The van der Waals surface area contributed by atoms with Crippen LogP contribution in [0.15, 0.2) is 0 Å². The number of anilines is 1. The van der Waals surface area contributed by atoms with Crippen molar-refractivity contribution in [3.05, 3.63) is 10.6 Å². The van der Waals surface area contributed by atoms with E-state index >= 15 is 0 Å². The van der Waals surface area contributed by atoms with Crippen molar-refractivity contribution in [2.24, 2.45) is 5.92 Å². The lowest BCUT2D eigenvalue weighted by atomic mass is 9.85. The molecule has 1 aliphatic rings. The molecule has 0 aromatic carbocycles. The molecule has 0 atom stereocenters. The van der Waals surface area contributed by atoms with Crippen molar-refractivity contribution < 1.29 is 0 Å². The van der Waals surface area contributed by atoms with E-state index in [1.165, 1.54) is 41.5 Å². The number of rotatable bonds is 6. The van der Waals surface area contributed by atoms with Crippen molar-refractivity contribution in [1.82, 2.24) is 10.3 Å². The molecule has 0 spiro atoms. The maximum absolute atomic E-state index is 4.72. The molecule has 0 saturated heterocycles. The van der Waals surface area contributed by atoms with Gasteiger partial charge >= 0.3 is 0 Å². The topological polar surface area (TPSA) is 28.2 Å². The van der Waals surface area contributed by atoms with Crippen LogP contribution in [0, 0.1) is 12.8 Å². The lowest BCUT2D eigenvalue weighted by Gasteiger charge is -2.31. The minimum atomic E-state index is 0.909. The maximum atomic E-state index is 4.72. The molecule has 1 aromatic heterocycles. The number of aryl methyl sites for hydroxylation is 1. The molecular weight excluding hydrogens is 230 g/mol. The second-order valence-corrected chi connectivity index (χ2v) is 5.93. The summed E-state index contributed by atoms with van der Waals surface area (Å²) in [5.41, 5.74) is 1.19. The summed E-state index contributed by atoms with van der Waals surface area (Å²) in [7, 11) is 1.99. The predicted octanol–water partition coefficient (Wildman–Crippen LogP) is 2.80. The van der Waals surface area contributed by atoms with Crippen LogP contribution in [0.3, 0.4) is 0 Å². The van der Waals surface area contributed by atoms with Gasteiger partial charge in [0.05, 0.1) is 5.69 Å². The maximum Gasteiger partial charge on any atom is 0.185 e. The van der Waals surface area contributed by atoms with E-state index < -0.39 is 0 Å². The highest BCUT2D eigenvalue weighted by atomic mass is 32.1. The van der Waals surface area contributed by atoms with E-state index in [-0.39, 0.29) is 0 Å². The van der Waals surface area contributed by atoms with Crippen molar-refractivity contribution in [3.8, 4) is 0 Å². The Hall–Kier alpha value is -0.610. The van der Waals surface area contributed by atoms with Gasteiger partial charge in [0, 0.05) is 24.5 Å². The first-order valence-corrected chi connectivity index (χ1v) is 7.42. The predicted molar refractivity (Wildman–Crippen MR) is 74.8 cm³/mol. The molecule has 1 saturated carbocycles. The minimum absolute atomic E-state index is 0.909. The molecule has 17 heavy (non-hydrogen) atoms. The van der Waals surface area contributed by atoms with Crippen molar-refractivity contribution in [1.29, 1.82) is 0 Å². The van der Waals surface area contributed by atoms with Gasteiger partial charge in [0.2, 0.25) is 0 Å². The molecule has 96 valence electrons. The van der Waals surface area contributed by atoms with Crippen molar-refractivity contribution in [2.75, 3.05) is 25.0 Å². The average molecular weight is 253 g/mol. The molecule has 1 aliphatic carbocycles. The second kappa shape index (κ2) is 5.83. The van der Waals surface area contributed by atoms with E-state index in [1.807, 2.05) is 18.4 Å². The van der Waals surface area contributed by atoms with Crippen molar-refractivity contribution in [2.45, 2.75) is 39.7 Å². The third-order valence-corrected chi connectivity index (χ3v) is 4.79. The molecule has 0 unspecified atom stereocenters. The van der Waals surface area contributed by atoms with E-state index in [4.69, 9.17) is 4.98 Å². The van der Waals surface area contributed by atoms with Crippen LogP contribution in [0.5, 0.6) is 0 Å². The van der Waals surface area contributed by atoms with E-state index in [0.717, 1.165) is 19.0 Å². The van der Waals surface area contributed by atoms with Crippen LogP contribution in [0.25, 0.3) is 0 Å². The normalized spacial score (nSPS) is 15.9. The molecule has 1 fully saturated rings. The van der Waals surface area contributed by atoms with Crippen LogP contribution in [-0.2, 0) is 6.54 Å². The highest BCUT2D eigenvalue weighted by Gasteiger charge is 2.22. The number of nitrogens with one attached hydrogen (secondary N) is 1. The molecule has 0 radical (unpaired) electrons. The van der Waals surface area contributed by atoms with E-state index in [0.29, 0.717) is 0 Å². The average Bonchev–Trinajstić information content (AvgIpc) is 2.60. The SMILES string of the molecule is CCN(CC1CCC1)c1nc(C)c(CNC)s1. The first-order valence-electron chi connectivity index (χ1n) is 6.60. The minimum Gasteiger partial charge on any atom is -0.348 e. The molecule has 2 rings (SSSR count). The summed E-state index contributed by atoms with van der Waals surface area (Å²) in [6, 6.07) is 0. The molecule has 0 bridgehead atoms. The highest BCUT2D eigenvalue weighted by Crippen LogP contribution is 2.31. The quantitative estimate of drug-likeness (QED) is 0.845. The number of hydrogen-bond donors (Lipinski definition) is 1. The van der Waals surface area contributed by atoms with Crippen LogP contribution in [0.4, 0.5) is 5.13 Å².